The second-order valence-corrected chi connectivity index (χ2v) is 5.24. The first-order chi connectivity index (χ1) is 8.34. The smallest absolute Gasteiger partial charge is 0.269 e. The number of aliphatic hydroxyl groups is 1. The molecule has 6 nitrogen and oxygen atoms in total. The van der Waals surface area contributed by atoms with E-state index >= 15 is 0 Å². The van der Waals surface area contributed by atoms with Crippen LogP contribution in [0.25, 0.3) is 0 Å². The molecule has 0 aliphatic carbocycles. The molecule has 0 saturated heterocycles. The van der Waals surface area contributed by atoms with Crippen LogP contribution in [0.1, 0.15) is 37.7 Å². The van der Waals surface area contributed by atoms with Crippen LogP contribution < -0.4 is 11.1 Å². The van der Waals surface area contributed by atoms with Crippen molar-refractivity contribution in [1.82, 2.24) is 10.2 Å². The van der Waals surface area contributed by atoms with Crippen molar-refractivity contribution in [2.45, 2.75) is 33.2 Å². The van der Waals surface area contributed by atoms with Gasteiger partial charge < -0.3 is 16.2 Å². The number of nitrogens with zero attached hydrogens (tertiary/aromatic N) is 2. The van der Waals surface area contributed by atoms with E-state index in [-0.39, 0.29) is 23.8 Å². The van der Waals surface area contributed by atoms with Crippen molar-refractivity contribution in [3.8, 4) is 0 Å². The van der Waals surface area contributed by atoms with E-state index in [1.807, 2.05) is 0 Å². The largest absolute Gasteiger partial charge is 0.396 e. The fourth-order valence-corrected chi connectivity index (χ4v) is 1.57. The van der Waals surface area contributed by atoms with Gasteiger partial charge in [0.25, 0.3) is 5.91 Å². The van der Waals surface area contributed by atoms with Crippen molar-refractivity contribution >= 4 is 11.7 Å². The third-order valence-corrected chi connectivity index (χ3v) is 2.70. The van der Waals surface area contributed by atoms with Crippen molar-refractivity contribution in [3.05, 3.63) is 17.8 Å². The highest BCUT2D eigenvalue weighted by molar-refractivity contribution is 5.90. The van der Waals surface area contributed by atoms with Gasteiger partial charge in [-0.2, -0.15) is 0 Å². The molecule has 1 atom stereocenters. The number of nitrogens with one attached hydrogen (secondary N) is 1. The molecule has 4 N–H and O–H groups in total. The Hall–Kier alpha value is -1.69. The quantitative estimate of drug-likeness (QED) is 0.719. The standard InChI is InChI=1S/C12H20N4O2/c1-12(2,3)9(6-7-17)14-10-5-4-8(11(13)18)15-16-10/h4-5,9,17H,6-7H2,1-3H3,(H2,13,18)(H,14,16). The first-order valence-electron chi connectivity index (χ1n) is 5.85. The molecule has 1 heterocycles. The van der Waals surface area contributed by atoms with Gasteiger partial charge in [-0.1, -0.05) is 20.8 Å². The van der Waals surface area contributed by atoms with Crippen LogP contribution in [-0.2, 0) is 0 Å². The van der Waals surface area contributed by atoms with Crippen molar-refractivity contribution < 1.29 is 9.90 Å². The number of rotatable bonds is 5. The minimum Gasteiger partial charge on any atom is -0.396 e. The molecule has 0 spiro atoms. The van der Waals surface area contributed by atoms with E-state index < -0.39 is 5.91 Å². The number of aliphatic hydroxyl groups excluding tert-OH is 1. The molecule has 1 amide bonds. The SMILES string of the molecule is CC(C)(C)C(CCO)Nc1ccc(C(N)=O)nn1. The second kappa shape index (κ2) is 5.77. The molecule has 0 saturated carbocycles. The summed E-state index contributed by atoms with van der Waals surface area (Å²) in [5.74, 6) is -0.0369. The zero-order valence-corrected chi connectivity index (χ0v) is 11.0. The second-order valence-electron chi connectivity index (χ2n) is 5.24. The maximum Gasteiger partial charge on any atom is 0.269 e. The van der Waals surface area contributed by atoms with Gasteiger partial charge in [-0.15, -0.1) is 10.2 Å². The lowest BCUT2D eigenvalue weighted by Crippen LogP contribution is -2.35. The van der Waals surface area contributed by atoms with E-state index in [9.17, 15) is 4.79 Å². The number of carbonyl (C=O) groups excluding carboxylic acids is 1. The molecule has 6 heteroatoms. The number of primary amides is 1. The van der Waals surface area contributed by atoms with E-state index in [0.717, 1.165) is 0 Å². The molecule has 1 aromatic heterocycles. The third kappa shape index (κ3) is 3.96. The zero-order valence-electron chi connectivity index (χ0n) is 11.0. The normalized spacial score (nSPS) is 13.1. The van der Waals surface area contributed by atoms with Gasteiger partial charge >= 0.3 is 0 Å². The lowest BCUT2D eigenvalue weighted by molar-refractivity contribution is 0.0994. The lowest BCUT2D eigenvalue weighted by Gasteiger charge is -2.31. The number of amides is 1. The van der Waals surface area contributed by atoms with Gasteiger partial charge in [-0.05, 0) is 24.0 Å². The van der Waals surface area contributed by atoms with Crippen molar-refractivity contribution in [2.24, 2.45) is 11.1 Å². The van der Waals surface area contributed by atoms with E-state index in [1.54, 1.807) is 6.07 Å². The molecule has 1 unspecified atom stereocenters. The van der Waals surface area contributed by atoms with E-state index in [1.165, 1.54) is 6.07 Å². The molecule has 100 valence electrons. The topological polar surface area (TPSA) is 101 Å². The summed E-state index contributed by atoms with van der Waals surface area (Å²) in [5.41, 5.74) is 5.20. The van der Waals surface area contributed by atoms with E-state index in [2.05, 4.69) is 36.3 Å². The molecule has 0 aliphatic heterocycles. The number of anilines is 1. The maximum atomic E-state index is 10.9. The van der Waals surface area contributed by atoms with Gasteiger partial charge in [0.2, 0.25) is 0 Å². The highest BCUT2D eigenvalue weighted by Crippen LogP contribution is 2.24. The Balaban J connectivity index is 2.78. The van der Waals surface area contributed by atoms with Crippen molar-refractivity contribution in [3.63, 3.8) is 0 Å². The van der Waals surface area contributed by atoms with Gasteiger partial charge in [-0.25, -0.2) is 0 Å². The molecular weight excluding hydrogens is 232 g/mol. The van der Waals surface area contributed by atoms with Crippen molar-refractivity contribution in [2.75, 3.05) is 11.9 Å². The number of hydrogen-bond donors (Lipinski definition) is 3. The Bertz CT molecular complexity index is 398. The van der Waals surface area contributed by atoms with Crippen LogP contribution in [0.3, 0.4) is 0 Å². The first-order valence-corrected chi connectivity index (χ1v) is 5.85. The van der Waals surface area contributed by atoms with Crippen LogP contribution in [0.5, 0.6) is 0 Å². The van der Waals surface area contributed by atoms with E-state index in [4.69, 9.17) is 10.8 Å². The van der Waals surface area contributed by atoms with Crippen LogP contribution in [0.2, 0.25) is 0 Å². The predicted molar refractivity (Wildman–Crippen MR) is 69.1 cm³/mol. The summed E-state index contributed by atoms with van der Waals surface area (Å²) in [6.07, 6.45) is 0.614. The summed E-state index contributed by atoms with van der Waals surface area (Å²) in [6, 6.07) is 3.25. The van der Waals surface area contributed by atoms with Crippen LogP contribution in [-0.4, -0.2) is 33.9 Å². The van der Waals surface area contributed by atoms with Crippen molar-refractivity contribution in [1.29, 1.82) is 0 Å². The monoisotopic (exact) mass is 252 g/mol. The molecule has 0 aliphatic rings. The van der Waals surface area contributed by atoms with Gasteiger partial charge in [0.05, 0.1) is 0 Å². The van der Waals surface area contributed by atoms with Gasteiger partial charge in [0.1, 0.15) is 5.82 Å². The molecule has 0 aromatic carbocycles. The molecule has 1 rings (SSSR count). The summed E-state index contributed by atoms with van der Waals surface area (Å²) < 4.78 is 0. The summed E-state index contributed by atoms with van der Waals surface area (Å²) in [6.45, 7) is 6.32. The average molecular weight is 252 g/mol. The molecule has 0 bridgehead atoms. The fourth-order valence-electron chi connectivity index (χ4n) is 1.57. The zero-order chi connectivity index (χ0) is 13.8. The molecule has 1 aromatic rings. The third-order valence-electron chi connectivity index (χ3n) is 2.70. The molecule has 18 heavy (non-hydrogen) atoms. The Morgan fingerprint density at radius 1 is 1.44 bits per heavy atom. The highest BCUT2D eigenvalue weighted by atomic mass is 16.3. The highest BCUT2D eigenvalue weighted by Gasteiger charge is 2.24. The summed E-state index contributed by atoms with van der Waals surface area (Å²) in [5, 5.41) is 19.9. The Kier molecular flexibility index (Phi) is 4.61. The summed E-state index contributed by atoms with van der Waals surface area (Å²) in [7, 11) is 0. The Morgan fingerprint density at radius 3 is 2.50 bits per heavy atom. The minimum absolute atomic E-state index is 0.0211. The first kappa shape index (κ1) is 14.4. The molecule has 0 fully saturated rings. The number of nitrogens with two attached hydrogens (primary N) is 1. The Morgan fingerprint density at radius 2 is 2.11 bits per heavy atom. The van der Waals surface area contributed by atoms with Crippen LogP contribution in [0, 0.1) is 5.41 Å². The summed E-state index contributed by atoms with van der Waals surface area (Å²) in [4.78, 5) is 10.9. The summed E-state index contributed by atoms with van der Waals surface area (Å²) >= 11 is 0. The Labute approximate surface area is 107 Å². The average Bonchev–Trinajstić information content (AvgIpc) is 2.28. The van der Waals surface area contributed by atoms with Gasteiger partial charge in [0.15, 0.2) is 5.69 Å². The van der Waals surface area contributed by atoms with E-state index in [0.29, 0.717) is 12.2 Å². The van der Waals surface area contributed by atoms with Gasteiger partial charge in [0, 0.05) is 12.6 Å². The number of aromatic nitrogens is 2. The van der Waals surface area contributed by atoms with Crippen LogP contribution >= 0.6 is 0 Å². The number of hydrogen-bond acceptors (Lipinski definition) is 5. The maximum absolute atomic E-state index is 10.9. The number of carbonyl (C=O) groups is 1. The minimum atomic E-state index is -0.600. The van der Waals surface area contributed by atoms with Crippen LogP contribution in [0.4, 0.5) is 5.82 Å². The lowest BCUT2D eigenvalue weighted by atomic mass is 9.85. The predicted octanol–water partition coefficient (Wildman–Crippen LogP) is 0.784. The molecule has 0 radical (unpaired) electrons. The fraction of sp³-hybridized carbons (Fsp3) is 0.583. The van der Waals surface area contributed by atoms with Crippen LogP contribution in [0.15, 0.2) is 12.1 Å². The molecular formula is C12H20N4O2. The van der Waals surface area contributed by atoms with Gasteiger partial charge in [-0.3, -0.25) is 4.79 Å².